The second kappa shape index (κ2) is 15.0. The molecule has 4 rings (SSSR count). The van der Waals surface area contributed by atoms with Crippen LogP contribution in [0, 0.1) is 20.8 Å². The summed E-state index contributed by atoms with van der Waals surface area (Å²) in [6, 6.07) is 17.4. The molecule has 0 fully saturated rings. The minimum atomic E-state index is -0.500. The molecule has 1 aliphatic rings. The predicted octanol–water partition coefficient (Wildman–Crippen LogP) is 7.70. The Morgan fingerprint density at radius 1 is 0.919 bits per heavy atom. The summed E-state index contributed by atoms with van der Waals surface area (Å²) in [4.78, 5) is 11.6. The molecule has 37 heavy (non-hydrogen) atoms. The van der Waals surface area contributed by atoms with E-state index in [1.165, 1.54) is 50.2 Å². The normalized spacial score (nSPS) is 11.4. The molecule has 0 aromatic heterocycles. The Morgan fingerprint density at radius 2 is 1.46 bits per heavy atom. The van der Waals surface area contributed by atoms with Crippen molar-refractivity contribution in [2.75, 3.05) is 17.7 Å². The molecule has 0 radical (unpaired) electrons. The zero-order chi connectivity index (χ0) is 28.3. The van der Waals surface area contributed by atoms with Crippen LogP contribution in [0.5, 0.6) is 0 Å². The van der Waals surface area contributed by atoms with E-state index in [0.29, 0.717) is 6.42 Å². The van der Waals surface area contributed by atoms with Crippen molar-refractivity contribution in [3.8, 4) is 22.3 Å². The standard InChI is InChI=1S/C25H25NOS.C4H10O.C2H6.CH4O/c1-16-9-11-19(12-10-16)23-18(3)24-22-8-6-5-7-20(22)15-26(28-4)25(24)17(2)21(23)13-14-27;1-4(2,3)5;2*1-2/h5-12,14H,13,15H2,1-4H3;5H,1-3H3;1-2H3;2H,1H3. The van der Waals surface area contributed by atoms with Crippen LogP contribution in [0.4, 0.5) is 5.69 Å². The number of aryl methyl sites for hydroxylation is 1. The molecule has 2 N–H and O–H groups in total. The van der Waals surface area contributed by atoms with Crippen LogP contribution in [0.1, 0.15) is 62.4 Å². The molecule has 1 aliphatic heterocycles. The summed E-state index contributed by atoms with van der Waals surface area (Å²) >= 11 is 1.75. The first-order valence-electron chi connectivity index (χ1n) is 12.8. The van der Waals surface area contributed by atoms with Crippen LogP contribution in [0.3, 0.4) is 0 Å². The van der Waals surface area contributed by atoms with E-state index in [0.717, 1.165) is 25.5 Å². The molecule has 0 aliphatic carbocycles. The van der Waals surface area contributed by atoms with Gasteiger partial charge in [0.2, 0.25) is 0 Å². The quantitative estimate of drug-likeness (QED) is 0.271. The van der Waals surface area contributed by atoms with Crippen LogP contribution in [0.15, 0.2) is 48.5 Å². The summed E-state index contributed by atoms with van der Waals surface area (Å²) in [6.45, 7) is 16.6. The smallest absolute Gasteiger partial charge is 0.124 e. The number of carbonyl (C=O) groups is 1. The molecular weight excluding hydrogens is 478 g/mol. The molecule has 1 heterocycles. The lowest BCUT2D eigenvalue weighted by atomic mass is 9.81. The molecule has 0 atom stereocenters. The van der Waals surface area contributed by atoms with Crippen molar-refractivity contribution in [2.24, 2.45) is 0 Å². The molecule has 0 bridgehead atoms. The van der Waals surface area contributed by atoms with Crippen molar-refractivity contribution < 1.29 is 15.0 Å². The number of hydrogen-bond acceptors (Lipinski definition) is 5. The molecule has 0 spiro atoms. The van der Waals surface area contributed by atoms with Crippen molar-refractivity contribution in [3.05, 3.63) is 76.3 Å². The zero-order valence-corrected chi connectivity index (χ0v) is 25.1. The summed E-state index contributed by atoms with van der Waals surface area (Å²) in [5.41, 5.74) is 12.0. The summed E-state index contributed by atoms with van der Waals surface area (Å²) < 4.78 is 2.37. The van der Waals surface area contributed by atoms with Gasteiger partial charge in [-0.25, -0.2) is 0 Å². The van der Waals surface area contributed by atoms with E-state index in [2.05, 4.69) is 79.9 Å². The topological polar surface area (TPSA) is 60.8 Å². The Labute approximate surface area is 228 Å². The maximum Gasteiger partial charge on any atom is 0.124 e. The van der Waals surface area contributed by atoms with Gasteiger partial charge in [0, 0.05) is 25.3 Å². The maximum atomic E-state index is 11.6. The van der Waals surface area contributed by atoms with Gasteiger partial charge in [0.25, 0.3) is 0 Å². The fourth-order valence-electron chi connectivity index (χ4n) is 4.43. The average Bonchev–Trinajstić information content (AvgIpc) is 2.88. The number of aldehydes is 1. The number of aliphatic hydroxyl groups excluding tert-OH is 1. The molecule has 0 saturated heterocycles. The molecule has 5 heteroatoms. The van der Waals surface area contributed by atoms with Gasteiger partial charge in [0.05, 0.1) is 17.8 Å². The fraction of sp³-hybridized carbons (Fsp3) is 0.406. The van der Waals surface area contributed by atoms with Gasteiger partial charge in [-0.15, -0.1) is 0 Å². The van der Waals surface area contributed by atoms with Crippen molar-refractivity contribution in [1.82, 2.24) is 0 Å². The average molecular weight is 524 g/mol. The molecule has 202 valence electrons. The van der Waals surface area contributed by atoms with E-state index in [9.17, 15) is 4.79 Å². The number of nitrogens with zero attached hydrogens (tertiary/aromatic N) is 1. The molecule has 3 aromatic rings. The first kappa shape index (κ1) is 32.4. The van der Waals surface area contributed by atoms with Crippen LogP contribution in [0.25, 0.3) is 22.3 Å². The lowest BCUT2D eigenvalue weighted by Crippen LogP contribution is -2.22. The third kappa shape index (κ3) is 8.19. The minimum absolute atomic E-state index is 0.438. The number of fused-ring (bicyclic) bond motifs is 3. The third-order valence-corrected chi connectivity index (χ3v) is 6.55. The van der Waals surface area contributed by atoms with Crippen LogP contribution < -0.4 is 4.31 Å². The van der Waals surface area contributed by atoms with E-state index < -0.39 is 5.60 Å². The van der Waals surface area contributed by atoms with Gasteiger partial charge >= 0.3 is 0 Å². The van der Waals surface area contributed by atoms with Gasteiger partial charge in [0.15, 0.2) is 0 Å². The van der Waals surface area contributed by atoms with Crippen LogP contribution in [-0.2, 0) is 17.8 Å². The fourth-order valence-corrected chi connectivity index (χ4v) is 5.11. The van der Waals surface area contributed by atoms with Gasteiger partial charge in [-0.2, -0.15) is 0 Å². The Morgan fingerprint density at radius 3 is 1.97 bits per heavy atom. The van der Waals surface area contributed by atoms with Gasteiger partial charge in [-0.05, 0) is 80.5 Å². The summed E-state index contributed by atoms with van der Waals surface area (Å²) in [7, 11) is 1.00. The van der Waals surface area contributed by atoms with Crippen molar-refractivity contribution >= 4 is 23.9 Å². The lowest BCUT2D eigenvalue weighted by molar-refractivity contribution is -0.107. The Balaban J connectivity index is 0.000000671. The SMILES string of the molecule is CC.CC(C)(C)O.CO.CSN1Cc2ccccc2-c2c(C)c(-c3ccc(C)cc3)c(CC=O)c(C)c21. The van der Waals surface area contributed by atoms with E-state index >= 15 is 0 Å². The van der Waals surface area contributed by atoms with Gasteiger partial charge in [-0.1, -0.05) is 79.9 Å². The number of carbonyl (C=O) groups excluding carboxylic acids is 1. The Kier molecular flexibility index (Phi) is 13.1. The number of hydrogen-bond donors (Lipinski definition) is 2. The number of aliphatic hydroxyl groups is 2. The Bertz CT molecular complexity index is 1140. The molecule has 0 unspecified atom stereocenters. The van der Waals surface area contributed by atoms with Crippen molar-refractivity contribution in [2.45, 2.75) is 74.0 Å². The molecule has 0 amide bonds. The van der Waals surface area contributed by atoms with Crippen LogP contribution in [-0.4, -0.2) is 35.5 Å². The van der Waals surface area contributed by atoms with Gasteiger partial charge in [0.1, 0.15) is 6.29 Å². The number of rotatable bonds is 4. The van der Waals surface area contributed by atoms with E-state index in [1.807, 2.05) is 13.8 Å². The highest BCUT2D eigenvalue weighted by atomic mass is 32.2. The predicted molar refractivity (Wildman–Crippen MR) is 162 cm³/mol. The first-order valence-corrected chi connectivity index (χ1v) is 14.0. The molecule has 3 aromatic carbocycles. The number of anilines is 1. The summed E-state index contributed by atoms with van der Waals surface area (Å²) in [5.74, 6) is 0. The highest BCUT2D eigenvalue weighted by molar-refractivity contribution is 7.99. The molecular formula is C32H45NO3S. The third-order valence-electron chi connectivity index (χ3n) is 5.79. The molecule has 0 saturated carbocycles. The van der Waals surface area contributed by atoms with Gasteiger partial charge in [-0.3, -0.25) is 0 Å². The highest BCUT2D eigenvalue weighted by Crippen LogP contribution is 2.49. The van der Waals surface area contributed by atoms with E-state index in [-0.39, 0.29) is 0 Å². The first-order chi connectivity index (χ1) is 17.6. The monoisotopic (exact) mass is 523 g/mol. The number of benzene rings is 3. The van der Waals surface area contributed by atoms with Crippen LogP contribution in [0.2, 0.25) is 0 Å². The van der Waals surface area contributed by atoms with E-state index in [4.69, 9.17) is 10.2 Å². The summed E-state index contributed by atoms with van der Waals surface area (Å²) in [6.07, 6.45) is 3.60. The van der Waals surface area contributed by atoms with Crippen molar-refractivity contribution in [3.63, 3.8) is 0 Å². The van der Waals surface area contributed by atoms with E-state index in [1.54, 1.807) is 32.7 Å². The highest BCUT2D eigenvalue weighted by Gasteiger charge is 2.29. The second-order valence-electron chi connectivity index (χ2n) is 9.61. The largest absolute Gasteiger partial charge is 0.400 e. The van der Waals surface area contributed by atoms with Crippen molar-refractivity contribution in [1.29, 1.82) is 0 Å². The second-order valence-corrected chi connectivity index (χ2v) is 10.4. The lowest BCUT2D eigenvalue weighted by Gasteiger charge is -2.35. The maximum absolute atomic E-state index is 11.6. The minimum Gasteiger partial charge on any atom is -0.400 e. The Hall–Kier alpha value is -2.60. The van der Waals surface area contributed by atoms with Crippen LogP contribution >= 0.6 is 11.9 Å². The molecule has 4 nitrogen and oxygen atoms in total. The van der Waals surface area contributed by atoms with Gasteiger partial charge < -0.3 is 19.3 Å². The zero-order valence-electron chi connectivity index (χ0n) is 24.3. The summed E-state index contributed by atoms with van der Waals surface area (Å²) in [5, 5.41) is 15.5.